The van der Waals surface area contributed by atoms with Crippen LogP contribution in [0.5, 0.6) is 0 Å². The summed E-state index contributed by atoms with van der Waals surface area (Å²) in [5.74, 6) is -0.999. The van der Waals surface area contributed by atoms with Gasteiger partial charge < -0.3 is 5.32 Å². The minimum Gasteiger partial charge on any atom is -0.308 e. The molecular weight excluding hydrogens is 338 g/mol. The highest BCUT2D eigenvalue weighted by molar-refractivity contribution is 6.18. The van der Waals surface area contributed by atoms with Crippen molar-refractivity contribution in [1.29, 1.82) is 5.26 Å². The monoisotopic (exact) mass is 349 g/mol. The number of hydrogen-bond donors (Lipinski definition) is 1. The van der Waals surface area contributed by atoms with Gasteiger partial charge in [0.05, 0.1) is 28.7 Å². The van der Waals surface area contributed by atoms with Crippen LogP contribution in [0.25, 0.3) is 0 Å². The Bertz CT molecular complexity index is 975. The van der Waals surface area contributed by atoms with E-state index in [2.05, 4.69) is 10.4 Å². The Morgan fingerprint density at radius 1 is 1.23 bits per heavy atom. The van der Waals surface area contributed by atoms with E-state index in [1.807, 2.05) is 6.07 Å². The van der Waals surface area contributed by atoms with Gasteiger partial charge >= 0.3 is 0 Å². The fourth-order valence-electron chi connectivity index (χ4n) is 2.40. The third-order valence-corrected chi connectivity index (χ3v) is 3.62. The summed E-state index contributed by atoms with van der Waals surface area (Å²) in [5.41, 5.74) is 0.432. The van der Waals surface area contributed by atoms with Crippen molar-refractivity contribution < 1.29 is 14.5 Å². The van der Waals surface area contributed by atoms with E-state index >= 15 is 0 Å². The molecule has 2 aromatic rings. The molecule has 0 saturated heterocycles. The lowest BCUT2D eigenvalue weighted by Gasteiger charge is -2.10. The van der Waals surface area contributed by atoms with E-state index < -0.39 is 10.8 Å². The molecule has 2 aromatic carbocycles. The number of benzene rings is 2. The van der Waals surface area contributed by atoms with Gasteiger partial charge in [0.15, 0.2) is 0 Å². The molecule has 9 nitrogen and oxygen atoms in total. The average molecular weight is 349 g/mol. The number of carbonyl (C=O) groups is 2. The van der Waals surface area contributed by atoms with Crippen molar-refractivity contribution in [3.63, 3.8) is 0 Å². The molecule has 9 heteroatoms. The summed E-state index contributed by atoms with van der Waals surface area (Å²) in [6, 6.07) is 13.7. The SMILES string of the molecule is N#Cc1ccc(N2N=C(NC(=O)c3ccccc3[N+](=O)[O-])CC2=O)cc1. The third-order valence-electron chi connectivity index (χ3n) is 3.62. The molecule has 0 bridgehead atoms. The fourth-order valence-corrected chi connectivity index (χ4v) is 2.40. The minimum atomic E-state index is -0.717. The molecule has 1 aliphatic rings. The highest BCUT2D eigenvalue weighted by Crippen LogP contribution is 2.21. The van der Waals surface area contributed by atoms with Gasteiger partial charge in [0, 0.05) is 6.07 Å². The van der Waals surface area contributed by atoms with Crippen LogP contribution in [0.1, 0.15) is 22.3 Å². The smallest absolute Gasteiger partial charge is 0.282 e. The van der Waals surface area contributed by atoms with E-state index in [1.165, 1.54) is 24.3 Å². The molecule has 1 N–H and O–H groups in total. The summed E-state index contributed by atoms with van der Waals surface area (Å²) >= 11 is 0. The van der Waals surface area contributed by atoms with Gasteiger partial charge in [0.2, 0.25) is 0 Å². The Kier molecular flexibility index (Phi) is 4.40. The molecule has 1 heterocycles. The summed E-state index contributed by atoms with van der Waals surface area (Å²) in [4.78, 5) is 34.8. The first-order valence-electron chi connectivity index (χ1n) is 7.45. The maximum atomic E-state index is 12.3. The molecule has 1 aliphatic heterocycles. The van der Waals surface area contributed by atoms with Crippen molar-refractivity contribution in [2.24, 2.45) is 5.10 Å². The maximum Gasteiger partial charge on any atom is 0.282 e. The molecule has 3 rings (SSSR count). The van der Waals surface area contributed by atoms with Crippen molar-refractivity contribution in [3.05, 3.63) is 69.8 Å². The second-order valence-corrected chi connectivity index (χ2v) is 5.32. The van der Waals surface area contributed by atoms with Gasteiger partial charge in [-0.25, -0.2) is 0 Å². The van der Waals surface area contributed by atoms with Crippen LogP contribution in [0, 0.1) is 21.4 Å². The number of amides is 2. The van der Waals surface area contributed by atoms with Gasteiger partial charge in [0.1, 0.15) is 11.4 Å². The van der Waals surface area contributed by atoms with E-state index in [0.717, 1.165) is 5.01 Å². The fraction of sp³-hybridized carbons (Fsp3) is 0.0588. The molecule has 128 valence electrons. The van der Waals surface area contributed by atoms with Crippen molar-refractivity contribution >= 4 is 29.0 Å². The quantitative estimate of drug-likeness (QED) is 0.669. The lowest BCUT2D eigenvalue weighted by atomic mass is 10.1. The zero-order chi connectivity index (χ0) is 18.7. The molecule has 0 spiro atoms. The molecule has 0 unspecified atom stereocenters. The zero-order valence-electron chi connectivity index (χ0n) is 13.2. The van der Waals surface area contributed by atoms with Crippen molar-refractivity contribution in [2.75, 3.05) is 5.01 Å². The molecule has 0 aromatic heterocycles. The normalized spacial score (nSPS) is 13.1. The zero-order valence-corrected chi connectivity index (χ0v) is 13.2. The van der Waals surface area contributed by atoms with E-state index in [0.29, 0.717) is 11.3 Å². The van der Waals surface area contributed by atoms with Crippen LogP contribution in [-0.2, 0) is 4.79 Å². The number of para-hydroxylation sites is 1. The van der Waals surface area contributed by atoms with Crippen LogP contribution in [0.4, 0.5) is 11.4 Å². The number of nitro groups is 1. The van der Waals surface area contributed by atoms with E-state index in [1.54, 1.807) is 24.3 Å². The van der Waals surface area contributed by atoms with Crippen molar-refractivity contribution in [1.82, 2.24) is 5.32 Å². The number of hydrazone groups is 1. The summed E-state index contributed by atoms with van der Waals surface area (Å²) < 4.78 is 0. The van der Waals surface area contributed by atoms with Crippen LogP contribution in [0.3, 0.4) is 0 Å². The number of rotatable bonds is 3. The van der Waals surface area contributed by atoms with Crippen LogP contribution in [0.15, 0.2) is 53.6 Å². The largest absolute Gasteiger partial charge is 0.308 e. The average Bonchev–Trinajstić information content (AvgIpc) is 3.01. The highest BCUT2D eigenvalue weighted by atomic mass is 16.6. The molecule has 0 saturated carbocycles. The Balaban J connectivity index is 1.80. The van der Waals surface area contributed by atoms with Crippen LogP contribution >= 0.6 is 0 Å². The second-order valence-electron chi connectivity index (χ2n) is 5.32. The van der Waals surface area contributed by atoms with Gasteiger partial charge in [-0.3, -0.25) is 19.7 Å². The first kappa shape index (κ1) is 16.8. The van der Waals surface area contributed by atoms with Gasteiger partial charge in [-0.1, -0.05) is 12.1 Å². The summed E-state index contributed by atoms with van der Waals surface area (Å²) in [6.07, 6.45) is -0.146. The van der Waals surface area contributed by atoms with E-state index in [-0.39, 0.29) is 29.4 Å². The molecule has 26 heavy (non-hydrogen) atoms. The molecular formula is C17H11N5O4. The number of hydrogen-bond acceptors (Lipinski definition) is 6. The number of nitrogens with zero attached hydrogens (tertiary/aromatic N) is 4. The summed E-state index contributed by atoms with van der Waals surface area (Å²) in [7, 11) is 0. The lowest BCUT2D eigenvalue weighted by Crippen LogP contribution is -2.30. The van der Waals surface area contributed by atoms with Crippen LogP contribution < -0.4 is 10.3 Å². The topological polar surface area (TPSA) is 129 Å². The molecule has 2 amide bonds. The van der Waals surface area contributed by atoms with E-state index in [9.17, 15) is 19.7 Å². The van der Waals surface area contributed by atoms with Gasteiger partial charge in [-0.2, -0.15) is 15.4 Å². The Morgan fingerprint density at radius 2 is 1.92 bits per heavy atom. The maximum absolute atomic E-state index is 12.3. The molecule has 0 atom stereocenters. The number of nitro benzene ring substituents is 1. The minimum absolute atomic E-state index is 0.0857. The Hall–Kier alpha value is -4.06. The van der Waals surface area contributed by atoms with Gasteiger partial charge in [-0.15, -0.1) is 0 Å². The first-order chi connectivity index (χ1) is 12.5. The van der Waals surface area contributed by atoms with Crippen LogP contribution in [0.2, 0.25) is 0 Å². The third kappa shape index (κ3) is 3.25. The highest BCUT2D eigenvalue weighted by Gasteiger charge is 2.28. The summed E-state index contributed by atoms with van der Waals surface area (Å²) in [5, 5.41) is 27.4. The van der Waals surface area contributed by atoms with Crippen molar-refractivity contribution in [3.8, 4) is 6.07 Å². The van der Waals surface area contributed by atoms with Gasteiger partial charge in [0.25, 0.3) is 17.5 Å². The number of nitrogens with one attached hydrogen (secondary N) is 1. The number of carbonyl (C=O) groups excluding carboxylic acids is 2. The predicted molar refractivity (Wildman–Crippen MR) is 91.3 cm³/mol. The summed E-state index contributed by atoms with van der Waals surface area (Å²) in [6.45, 7) is 0. The number of anilines is 1. The molecule has 0 aliphatic carbocycles. The van der Waals surface area contributed by atoms with E-state index in [4.69, 9.17) is 5.26 Å². The van der Waals surface area contributed by atoms with Crippen molar-refractivity contribution in [2.45, 2.75) is 6.42 Å². The lowest BCUT2D eigenvalue weighted by molar-refractivity contribution is -0.385. The van der Waals surface area contributed by atoms with Crippen LogP contribution in [-0.4, -0.2) is 22.6 Å². The standard InChI is InChI=1S/C17H11N5O4/c18-10-11-5-7-12(8-6-11)21-16(23)9-15(20-21)19-17(24)13-3-1-2-4-14(13)22(25)26/h1-8H,9H2,(H,19,20,24). The Morgan fingerprint density at radius 3 is 2.58 bits per heavy atom. The van der Waals surface area contributed by atoms with Gasteiger partial charge in [-0.05, 0) is 30.3 Å². The molecule has 0 fully saturated rings. The molecule has 0 radical (unpaired) electrons. The number of nitriles is 1. The number of amidine groups is 1. The second kappa shape index (κ2) is 6.82. The first-order valence-corrected chi connectivity index (χ1v) is 7.45. The predicted octanol–water partition coefficient (Wildman–Crippen LogP) is 1.95. The Labute approximate surface area is 147 Å².